The van der Waals surface area contributed by atoms with Gasteiger partial charge in [-0.25, -0.2) is 0 Å². The average Bonchev–Trinajstić information content (AvgIpc) is 2.45. The summed E-state index contributed by atoms with van der Waals surface area (Å²) in [5.74, 6) is 1.88. The van der Waals surface area contributed by atoms with E-state index in [1.807, 2.05) is 11.9 Å². The summed E-state index contributed by atoms with van der Waals surface area (Å²) >= 11 is 0. The highest BCUT2D eigenvalue weighted by Gasteiger charge is 2.26. The van der Waals surface area contributed by atoms with Crippen molar-refractivity contribution in [1.29, 1.82) is 0 Å². The fourth-order valence-electron chi connectivity index (χ4n) is 3.93. The summed E-state index contributed by atoms with van der Waals surface area (Å²) in [4.78, 5) is 14.4. The van der Waals surface area contributed by atoms with Gasteiger partial charge in [0, 0.05) is 25.6 Å². The standard InChI is InChI=1S/C17H32N2O/c1-13-6-9-16(10-7-13)19(2)17(20)11-8-14-4-3-5-15(18)12-14/h13-16H,3-12,18H2,1-2H3. The van der Waals surface area contributed by atoms with Crippen LogP contribution in [0.5, 0.6) is 0 Å². The highest BCUT2D eigenvalue weighted by Crippen LogP contribution is 2.29. The third-order valence-corrected chi connectivity index (χ3v) is 5.52. The van der Waals surface area contributed by atoms with Gasteiger partial charge < -0.3 is 10.6 Å². The van der Waals surface area contributed by atoms with Crippen LogP contribution in [0.15, 0.2) is 0 Å². The Kier molecular flexibility index (Phi) is 5.88. The predicted molar refractivity (Wildman–Crippen MR) is 83.4 cm³/mol. The molecule has 2 fully saturated rings. The lowest BCUT2D eigenvalue weighted by Crippen LogP contribution is -2.39. The monoisotopic (exact) mass is 280 g/mol. The molecule has 2 unspecified atom stereocenters. The van der Waals surface area contributed by atoms with Crippen molar-refractivity contribution >= 4 is 5.91 Å². The number of hydrogen-bond acceptors (Lipinski definition) is 2. The van der Waals surface area contributed by atoms with Crippen LogP contribution in [0.4, 0.5) is 0 Å². The number of nitrogens with two attached hydrogens (primary N) is 1. The molecule has 2 aliphatic rings. The Morgan fingerprint density at radius 3 is 2.50 bits per heavy atom. The van der Waals surface area contributed by atoms with Crippen molar-refractivity contribution in [1.82, 2.24) is 4.90 Å². The zero-order valence-electron chi connectivity index (χ0n) is 13.3. The molecule has 1 amide bonds. The number of nitrogens with zero attached hydrogens (tertiary/aromatic N) is 1. The second kappa shape index (κ2) is 7.44. The van der Waals surface area contributed by atoms with Crippen LogP contribution >= 0.6 is 0 Å². The highest BCUT2D eigenvalue weighted by atomic mass is 16.2. The summed E-state index contributed by atoms with van der Waals surface area (Å²) in [6, 6.07) is 0.869. The Balaban J connectivity index is 1.71. The van der Waals surface area contributed by atoms with Gasteiger partial charge in [0.15, 0.2) is 0 Å². The molecule has 2 aliphatic carbocycles. The van der Waals surface area contributed by atoms with E-state index in [1.165, 1.54) is 44.9 Å². The number of rotatable bonds is 4. The van der Waals surface area contributed by atoms with Crippen molar-refractivity contribution < 1.29 is 4.79 Å². The molecule has 2 rings (SSSR count). The van der Waals surface area contributed by atoms with Gasteiger partial charge >= 0.3 is 0 Å². The first-order chi connectivity index (χ1) is 9.56. The summed E-state index contributed by atoms with van der Waals surface area (Å²) in [5, 5.41) is 0. The van der Waals surface area contributed by atoms with Crippen LogP contribution in [0.25, 0.3) is 0 Å². The van der Waals surface area contributed by atoms with Crippen LogP contribution in [0.2, 0.25) is 0 Å². The maximum absolute atomic E-state index is 12.3. The normalized spacial score (nSPS) is 34.8. The van der Waals surface area contributed by atoms with Crippen LogP contribution in [-0.2, 0) is 4.79 Å². The lowest BCUT2D eigenvalue weighted by Gasteiger charge is -2.34. The van der Waals surface area contributed by atoms with E-state index in [1.54, 1.807) is 0 Å². The third kappa shape index (κ3) is 4.47. The lowest BCUT2D eigenvalue weighted by molar-refractivity contribution is -0.133. The molecule has 0 radical (unpaired) electrons. The second-order valence-corrected chi connectivity index (χ2v) is 7.25. The molecule has 0 spiro atoms. The maximum atomic E-state index is 12.3. The van der Waals surface area contributed by atoms with Gasteiger partial charge in [0.2, 0.25) is 5.91 Å². The first-order valence-corrected chi connectivity index (χ1v) is 8.57. The number of carbonyl (C=O) groups excluding carboxylic acids is 1. The van der Waals surface area contributed by atoms with Crippen LogP contribution in [0.1, 0.15) is 71.1 Å². The van der Waals surface area contributed by atoms with Crippen LogP contribution < -0.4 is 5.73 Å². The Bertz CT molecular complexity index is 310. The Labute approximate surface area is 124 Å². The van der Waals surface area contributed by atoms with E-state index in [0.717, 1.165) is 25.2 Å². The van der Waals surface area contributed by atoms with Crippen LogP contribution in [-0.4, -0.2) is 29.9 Å². The molecular weight excluding hydrogens is 248 g/mol. The maximum Gasteiger partial charge on any atom is 0.222 e. The first kappa shape index (κ1) is 15.8. The largest absolute Gasteiger partial charge is 0.343 e. The van der Waals surface area contributed by atoms with E-state index >= 15 is 0 Å². The number of hydrogen-bond donors (Lipinski definition) is 1. The molecular formula is C17H32N2O. The van der Waals surface area contributed by atoms with E-state index in [-0.39, 0.29) is 0 Å². The molecule has 2 saturated carbocycles. The molecule has 3 heteroatoms. The smallest absolute Gasteiger partial charge is 0.222 e. The SMILES string of the molecule is CC1CCC(N(C)C(=O)CCC2CCCC(N)C2)CC1. The van der Waals surface area contributed by atoms with E-state index in [2.05, 4.69) is 6.92 Å². The van der Waals surface area contributed by atoms with Gasteiger partial charge in [0.05, 0.1) is 0 Å². The third-order valence-electron chi connectivity index (χ3n) is 5.52. The van der Waals surface area contributed by atoms with E-state index in [9.17, 15) is 4.79 Å². The van der Waals surface area contributed by atoms with Crippen molar-refractivity contribution in [2.75, 3.05) is 7.05 Å². The van der Waals surface area contributed by atoms with Gasteiger partial charge in [-0.05, 0) is 56.8 Å². The lowest BCUT2D eigenvalue weighted by atomic mass is 9.83. The summed E-state index contributed by atoms with van der Waals surface area (Å²) in [7, 11) is 2.01. The van der Waals surface area contributed by atoms with Gasteiger partial charge in [-0.1, -0.05) is 19.8 Å². The van der Waals surface area contributed by atoms with Gasteiger partial charge in [0.1, 0.15) is 0 Å². The Morgan fingerprint density at radius 2 is 1.85 bits per heavy atom. The van der Waals surface area contributed by atoms with Crippen molar-refractivity contribution in [2.45, 2.75) is 83.2 Å². The second-order valence-electron chi connectivity index (χ2n) is 7.25. The molecule has 116 valence electrons. The predicted octanol–water partition coefficient (Wildman–Crippen LogP) is 3.32. The van der Waals surface area contributed by atoms with Gasteiger partial charge in [-0.15, -0.1) is 0 Å². The molecule has 0 aromatic carbocycles. The minimum atomic E-state index is 0.351. The fourth-order valence-corrected chi connectivity index (χ4v) is 3.93. The van der Waals surface area contributed by atoms with Gasteiger partial charge in [-0.3, -0.25) is 4.79 Å². The summed E-state index contributed by atoms with van der Waals surface area (Å²) < 4.78 is 0. The number of carbonyl (C=O) groups is 1. The zero-order chi connectivity index (χ0) is 14.5. The molecule has 2 N–H and O–H groups in total. The molecule has 0 aromatic heterocycles. The van der Waals surface area contributed by atoms with E-state index < -0.39 is 0 Å². The van der Waals surface area contributed by atoms with Gasteiger partial charge in [0.25, 0.3) is 0 Å². The average molecular weight is 280 g/mol. The van der Waals surface area contributed by atoms with Crippen molar-refractivity contribution in [3.8, 4) is 0 Å². The van der Waals surface area contributed by atoms with Crippen molar-refractivity contribution in [3.05, 3.63) is 0 Å². The quantitative estimate of drug-likeness (QED) is 0.858. The molecule has 3 nitrogen and oxygen atoms in total. The summed E-state index contributed by atoms with van der Waals surface area (Å²) in [6.07, 6.45) is 11.5. The minimum absolute atomic E-state index is 0.351. The minimum Gasteiger partial charge on any atom is -0.343 e. The van der Waals surface area contributed by atoms with Crippen molar-refractivity contribution in [3.63, 3.8) is 0 Å². The molecule has 0 aromatic rings. The summed E-state index contributed by atoms with van der Waals surface area (Å²) in [6.45, 7) is 2.32. The summed E-state index contributed by atoms with van der Waals surface area (Å²) in [5.41, 5.74) is 6.03. The molecule has 2 atom stereocenters. The highest BCUT2D eigenvalue weighted by molar-refractivity contribution is 5.76. The van der Waals surface area contributed by atoms with Gasteiger partial charge in [-0.2, -0.15) is 0 Å². The fraction of sp³-hybridized carbons (Fsp3) is 0.941. The van der Waals surface area contributed by atoms with Crippen LogP contribution in [0, 0.1) is 11.8 Å². The molecule has 0 saturated heterocycles. The molecule has 0 aliphatic heterocycles. The zero-order valence-corrected chi connectivity index (χ0v) is 13.3. The number of amides is 1. The van der Waals surface area contributed by atoms with Crippen molar-refractivity contribution in [2.24, 2.45) is 17.6 Å². The molecule has 0 heterocycles. The van der Waals surface area contributed by atoms with E-state index in [0.29, 0.717) is 23.9 Å². The Hall–Kier alpha value is -0.570. The van der Waals surface area contributed by atoms with Crippen LogP contribution in [0.3, 0.4) is 0 Å². The molecule has 0 bridgehead atoms. The first-order valence-electron chi connectivity index (χ1n) is 8.57. The Morgan fingerprint density at radius 1 is 1.15 bits per heavy atom. The molecule has 20 heavy (non-hydrogen) atoms. The topological polar surface area (TPSA) is 46.3 Å². The van der Waals surface area contributed by atoms with E-state index in [4.69, 9.17) is 5.73 Å².